The van der Waals surface area contributed by atoms with Crippen molar-refractivity contribution in [2.45, 2.75) is 13.8 Å². The van der Waals surface area contributed by atoms with Crippen molar-refractivity contribution in [3.63, 3.8) is 0 Å². The lowest BCUT2D eigenvalue weighted by Crippen LogP contribution is -2.13. The highest BCUT2D eigenvalue weighted by molar-refractivity contribution is 6.01. The summed E-state index contributed by atoms with van der Waals surface area (Å²) >= 11 is 0. The summed E-state index contributed by atoms with van der Waals surface area (Å²) in [4.78, 5) is 0. The number of allylic oxidation sites excluding steroid dienone is 4. The van der Waals surface area contributed by atoms with Crippen LogP contribution in [0.1, 0.15) is 13.8 Å². The Morgan fingerprint density at radius 2 is 1.54 bits per heavy atom. The molecule has 1 saturated carbocycles. The van der Waals surface area contributed by atoms with Crippen molar-refractivity contribution in [1.82, 2.24) is 0 Å². The predicted octanol–water partition coefficient (Wildman–Crippen LogP) is 2.10. The van der Waals surface area contributed by atoms with E-state index in [0.717, 1.165) is 11.8 Å². The molecule has 1 heteroatoms. The summed E-state index contributed by atoms with van der Waals surface area (Å²) in [5, 5.41) is 0. The zero-order valence-electron chi connectivity index (χ0n) is 8.91. The summed E-state index contributed by atoms with van der Waals surface area (Å²) in [6.07, 6.45) is 9.25. The molecule has 70 valence electrons. The van der Waals surface area contributed by atoms with Gasteiger partial charge in [-0.2, -0.15) is 0 Å². The number of nitrogens with zero attached hydrogens (tertiary/aromatic N) is 1. The Morgan fingerprint density at radius 1 is 1.08 bits per heavy atom. The summed E-state index contributed by atoms with van der Waals surface area (Å²) in [7, 11) is 4.17. The lowest BCUT2D eigenvalue weighted by Gasteiger charge is -2.09. The third-order valence-corrected chi connectivity index (χ3v) is 3.82. The van der Waals surface area contributed by atoms with E-state index in [1.807, 2.05) is 0 Å². The van der Waals surface area contributed by atoms with Gasteiger partial charge in [-0.15, -0.1) is 0 Å². The molecule has 0 radical (unpaired) electrons. The van der Waals surface area contributed by atoms with Crippen molar-refractivity contribution in [2.24, 2.45) is 17.3 Å². The molecule has 2 aliphatic rings. The van der Waals surface area contributed by atoms with E-state index in [2.05, 4.69) is 56.8 Å². The molecule has 0 bridgehead atoms. The maximum Gasteiger partial charge on any atom is 0.198 e. The van der Waals surface area contributed by atoms with Crippen LogP contribution in [0, 0.1) is 17.3 Å². The summed E-state index contributed by atoms with van der Waals surface area (Å²) in [5.74, 6) is 1.65. The van der Waals surface area contributed by atoms with Crippen LogP contribution in [0.2, 0.25) is 0 Å². The molecule has 1 fully saturated rings. The summed E-state index contributed by atoms with van der Waals surface area (Å²) in [6.45, 7) is 4.67. The van der Waals surface area contributed by atoms with Crippen LogP contribution >= 0.6 is 0 Å². The van der Waals surface area contributed by atoms with Crippen LogP contribution < -0.4 is 0 Å². The highest BCUT2D eigenvalue weighted by Gasteiger charge is 2.56. The predicted molar refractivity (Wildman–Crippen MR) is 56.2 cm³/mol. The fraction of sp³-hybridized carbons (Fsp3) is 0.583. The van der Waals surface area contributed by atoms with Crippen molar-refractivity contribution in [3.05, 3.63) is 24.3 Å². The van der Waals surface area contributed by atoms with Crippen molar-refractivity contribution in [3.8, 4) is 0 Å². The van der Waals surface area contributed by atoms with E-state index in [1.165, 1.54) is 5.71 Å². The Bertz CT molecular complexity index is 290. The van der Waals surface area contributed by atoms with Gasteiger partial charge in [-0.05, 0) is 11.8 Å². The van der Waals surface area contributed by atoms with E-state index in [1.54, 1.807) is 0 Å². The molecule has 1 nitrogen and oxygen atoms in total. The number of hydrogen-bond acceptors (Lipinski definition) is 0. The minimum Gasteiger partial charge on any atom is -0.235 e. The average Bonchev–Trinajstić information content (AvgIpc) is 2.59. The smallest absolute Gasteiger partial charge is 0.198 e. The van der Waals surface area contributed by atoms with E-state index >= 15 is 0 Å². The minimum atomic E-state index is 0.402. The summed E-state index contributed by atoms with van der Waals surface area (Å²) in [5.41, 5.74) is 1.70. The normalized spacial score (nSPS) is 41.4. The highest BCUT2D eigenvalue weighted by atomic mass is 14.9. The third-order valence-electron chi connectivity index (χ3n) is 3.82. The van der Waals surface area contributed by atoms with E-state index in [0.29, 0.717) is 5.41 Å². The molecule has 0 aromatic carbocycles. The zero-order valence-corrected chi connectivity index (χ0v) is 8.91. The molecule has 2 atom stereocenters. The number of hydrogen-bond donors (Lipinski definition) is 0. The monoisotopic (exact) mass is 176 g/mol. The molecule has 0 N–H and O–H groups in total. The van der Waals surface area contributed by atoms with Crippen LogP contribution in [0.4, 0.5) is 0 Å². The standard InChI is InChI=1S/C12H18N/c1-9-10(2)12(9)7-5-11(6-8-12)13(3)4/h5-10H,1-4H3/q+1/t9-,10-/m1/s1. The Kier molecular flexibility index (Phi) is 1.73. The molecule has 13 heavy (non-hydrogen) atoms. The van der Waals surface area contributed by atoms with Crippen LogP contribution in [-0.4, -0.2) is 24.4 Å². The van der Waals surface area contributed by atoms with Gasteiger partial charge in [0.15, 0.2) is 5.71 Å². The topological polar surface area (TPSA) is 3.01 Å². The lowest BCUT2D eigenvalue weighted by atomic mass is 9.95. The molecule has 2 aliphatic carbocycles. The SMILES string of the molecule is C[C@@H]1[C@@H](C)C12C=CC(=[N+](C)C)C=C2. The number of rotatable bonds is 0. The van der Waals surface area contributed by atoms with Crippen LogP contribution in [0.3, 0.4) is 0 Å². The zero-order chi connectivity index (χ0) is 9.64. The Morgan fingerprint density at radius 3 is 1.85 bits per heavy atom. The van der Waals surface area contributed by atoms with Gasteiger partial charge in [0.2, 0.25) is 0 Å². The molecule has 2 rings (SSSR count). The first-order chi connectivity index (χ1) is 6.08. The first kappa shape index (κ1) is 8.74. The molecule has 1 spiro atoms. The van der Waals surface area contributed by atoms with Gasteiger partial charge in [-0.25, -0.2) is 4.58 Å². The summed E-state index contributed by atoms with van der Waals surface area (Å²) < 4.78 is 2.15. The van der Waals surface area contributed by atoms with Gasteiger partial charge in [0.05, 0.1) is 0 Å². The fourth-order valence-electron chi connectivity index (χ4n) is 2.32. The highest BCUT2D eigenvalue weighted by Crippen LogP contribution is 2.61. The van der Waals surface area contributed by atoms with E-state index < -0.39 is 0 Å². The van der Waals surface area contributed by atoms with Crippen LogP contribution in [0.5, 0.6) is 0 Å². The van der Waals surface area contributed by atoms with Crippen molar-refractivity contribution < 1.29 is 4.58 Å². The van der Waals surface area contributed by atoms with Crippen LogP contribution in [0.25, 0.3) is 0 Å². The van der Waals surface area contributed by atoms with Gasteiger partial charge in [0.1, 0.15) is 14.1 Å². The fourth-order valence-corrected chi connectivity index (χ4v) is 2.32. The maximum absolute atomic E-state index is 2.37. The molecular weight excluding hydrogens is 158 g/mol. The van der Waals surface area contributed by atoms with Crippen LogP contribution in [-0.2, 0) is 0 Å². The summed E-state index contributed by atoms with van der Waals surface area (Å²) in [6, 6.07) is 0. The molecule has 0 unspecified atom stereocenters. The van der Waals surface area contributed by atoms with Crippen molar-refractivity contribution in [2.75, 3.05) is 14.1 Å². The average molecular weight is 176 g/mol. The Labute approximate surface area is 80.5 Å². The molecule has 0 aromatic heterocycles. The van der Waals surface area contributed by atoms with Gasteiger partial charge >= 0.3 is 0 Å². The van der Waals surface area contributed by atoms with E-state index in [4.69, 9.17) is 0 Å². The van der Waals surface area contributed by atoms with E-state index in [9.17, 15) is 0 Å². The lowest BCUT2D eigenvalue weighted by molar-refractivity contribution is -0.462. The van der Waals surface area contributed by atoms with Gasteiger partial charge in [-0.1, -0.05) is 26.0 Å². The first-order valence-electron chi connectivity index (χ1n) is 5.00. The van der Waals surface area contributed by atoms with Gasteiger partial charge in [0, 0.05) is 17.6 Å². The second kappa shape index (κ2) is 2.57. The van der Waals surface area contributed by atoms with Gasteiger partial charge in [0.25, 0.3) is 0 Å². The van der Waals surface area contributed by atoms with Gasteiger partial charge < -0.3 is 0 Å². The van der Waals surface area contributed by atoms with Gasteiger partial charge in [-0.3, -0.25) is 0 Å². The third kappa shape index (κ3) is 1.10. The van der Waals surface area contributed by atoms with Crippen molar-refractivity contribution >= 4 is 5.71 Å². The Balaban J connectivity index is 2.25. The molecule has 0 amide bonds. The quantitative estimate of drug-likeness (QED) is 0.497. The van der Waals surface area contributed by atoms with E-state index in [-0.39, 0.29) is 0 Å². The molecule has 0 saturated heterocycles. The van der Waals surface area contributed by atoms with Crippen molar-refractivity contribution in [1.29, 1.82) is 0 Å². The molecule has 0 aliphatic heterocycles. The van der Waals surface area contributed by atoms with Crippen LogP contribution in [0.15, 0.2) is 24.3 Å². The molecule has 0 aromatic rings. The second-order valence-corrected chi connectivity index (χ2v) is 4.56. The molecule has 0 heterocycles. The largest absolute Gasteiger partial charge is 0.235 e. The molecular formula is C12H18N+. The minimum absolute atomic E-state index is 0.402. The first-order valence-corrected chi connectivity index (χ1v) is 5.00. The second-order valence-electron chi connectivity index (χ2n) is 4.56. The maximum atomic E-state index is 2.37. The Hall–Kier alpha value is -0.850.